The van der Waals surface area contributed by atoms with Crippen LogP contribution in [0.2, 0.25) is 0 Å². The van der Waals surface area contributed by atoms with Gasteiger partial charge in [0.25, 0.3) is 5.56 Å². The maximum absolute atomic E-state index is 12.9. The molecule has 2 aromatic heterocycles. The van der Waals surface area contributed by atoms with E-state index in [1.54, 1.807) is 0 Å². The highest BCUT2D eigenvalue weighted by Crippen LogP contribution is 2.36. The Bertz CT molecular complexity index is 1160. The van der Waals surface area contributed by atoms with Crippen LogP contribution < -0.4 is 5.56 Å². The van der Waals surface area contributed by atoms with Gasteiger partial charge in [-0.3, -0.25) is 23.7 Å². The topological polar surface area (TPSA) is 152 Å². The van der Waals surface area contributed by atoms with Crippen LogP contribution in [0.5, 0.6) is 0 Å². The number of H-pyrrole nitrogens is 1. The van der Waals surface area contributed by atoms with Gasteiger partial charge in [0.1, 0.15) is 12.7 Å². The summed E-state index contributed by atoms with van der Waals surface area (Å²) in [6, 6.07) is 0. The molecule has 0 radical (unpaired) electrons. The lowest BCUT2D eigenvalue weighted by Crippen LogP contribution is -2.41. The normalized spacial score (nSPS) is 20.5. The largest absolute Gasteiger partial charge is 0.463 e. The fourth-order valence-corrected chi connectivity index (χ4v) is 4.61. The molecule has 40 heavy (non-hydrogen) atoms. The summed E-state index contributed by atoms with van der Waals surface area (Å²) in [5.74, 6) is -1.31. The average molecular weight is 563 g/mol. The molecule has 3 rings (SSSR count). The Morgan fingerprint density at radius 2 is 1.43 bits per heavy atom. The highest BCUT2D eigenvalue weighted by Gasteiger charge is 2.51. The highest BCUT2D eigenvalue weighted by atomic mass is 16.7. The van der Waals surface area contributed by atoms with E-state index in [0.29, 0.717) is 19.3 Å². The molecule has 0 aliphatic carbocycles. The molecule has 222 valence electrons. The first-order valence-electron chi connectivity index (χ1n) is 14.5. The molecule has 0 amide bonds. The van der Waals surface area contributed by atoms with Crippen molar-refractivity contribution in [2.24, 2.45) is 0 Å². The predicted octanol–water partition coefficient (Wildman–Crippen LogP) is 4.12. The van der Waals surface area contributed by atoms with Crippen LogP contribution in [0.3, 0.4) is 0 Å². The van der Waals surface area contributed by atoms with E-state index in [2.05, 4.69) is 15.0 Å². The molecule has 0 saturated carbocycles. The van der Waals surface area contributed by atoms with Gasteiger partial charge in [0.2, 0.25) is 0 Å². The van der Waals surface area contributed by atoms with Gasteiger partial charge >= 0.3 is 17.9 Å². The number of imidazole rings is 1. The number of hydrogen-bond donors (Lipinski definition) is 1. The Balaban J connectivity index is 1.89. The lowest BCUT2D eigenvalue weighted by molar-refractivity contribution is -0.169. The van der Waals surface area contributed by atoms with E-state index < -0.39 is 42.0 Å². The highest BCUT2D eigenvalue weighted by molar-refractivity contribution is 5.72. The van der Waals surface area contributed by atoms with Crippen molar-refractivity contribution in [3.05, 3.63) is 23.0 Å². The van der Waals surface area contributed by atoms with Crippen molar-refractivity contribution in [2.75, 3.05) is 6.61 Å². The number of unbranched alkanes of at least 4 members (excludes halogenated alkanes) is 6. The van der Waals surface area contributed by atoms with E-state index in [4.69, 9.17) is 18.9 Å². The summed E-state index contributed by atoms with van der Waals surface area (Å²) in [5.41, 5.74) is -0.143. The summed E-state index contributed by atoms with van der Waals surface area (Å²) in [4.78, 5) is 61.2. The van der Waals surface area contributed by atoms with Gasteiger partial charge in [0, 0.05) is 19.3 Å². The van der Waals surface area contributed by atoms with Crippen LogP contribution in [-0.4, -0.2) is 62.3 Å². The number of rotatable bonds is 17. The third-order valence-corrected chi connectivity index (χ3v) is 6.82. The summed E-state index contributed by atoms with van der Waals surface area (Å²) in [6.45, 7) is 5.92. The summed E-state index contributed by atoms with van der Waals surface area (Å²) >= 11 is 0. The van der Waals surface area contributed by atoms with Gasteiger partial charge in [0.15, 0.2) is 29.6 Å². The lowest BCUT2D eigenvalue weighted by atomic mass is 10.1. The van der Waals surface area contributed by atoms with Gasteiger partial charge in [-0.05, 0) is 19.3 Å². The molecule has 12 nitrogen and oxygen atoms in total. The molecule has 2 aromatic rings. The number of nitrogens with one attached hydrogen (secondary N) is 1. The fraction of sp³-hybridized carbons (Fsp3) is 0.714. The zero-order chi connectivity index (χ0) is 28.9. The van der Waals surface area contributed by atoms with Crippen molar-refractivity contribution in [1.29, 1.82) is 0 Å². The molecule has 1 aliphatic rings. The monoisotopic (exact) mass is 562 g/mol. The smallest absolute Gasteiger partial charge is 0.306 e. The summed E-state index contributed by atoms with van der Waals surface area (Å²) in [6.07, 6.45) is 6.71. The lowest BCUT2D eigenvalue weighted by Gasteiger charge is -2.25. The summed E-state index contributed by atoms with van der Waals surface area (Å²) < 4.78 is 25.0. The van der Waals surface area contributed by atoms with Gasteiger partial charge in [-0.2, -0.15) is 0 Å². The second kappa shape index (κ2) is 16.1. The summed E-state index contributed by atoms with van der Waals surface area (Å²) in [5, 5.41) is 0. The maximum atomic E-state index is 12.9. The van der Waals surface area contributed by atoms with Gasteiger partial charge in [-0.1, -0.05) is 59.3 Å². The quantitative estimate of drug-likeness (QED) is 0.169. The number of carbonyl (C=O) groups is 3. The van der Waals surface area contributed by atoms with E-state index in [0.717, 1.165) is 38.5 Å². The Labute approximate surface area is 234 Å². The number of aromatic amines is 1. The SMILES string of the molecule is CCCCCC(=O)OC[C@H]1O[C@@H](n2cnc3c(=O)[nH]cnc32)[C@H](OC(=O)CCCCC)[C@@H]1OC(=O)CCCCC. The van der Waals surface area contributed by atoms with Crippen molar-refractivity contribution >= 4 is 29.1 Å². The van der Waals surface area contributed by atoms with Crippen molar-refractivity contribution < 1.29 is 33.3 Å². The van der Waals surface area contributed by atoms with Crippen LogP contribution in [0.1, 0.15) is 104 Å². The van der Waals surface area contributed by atoms with E-state index in [1.165, 1.54) is 17.2 Å². The molecule has 0 bridgehead atoms. The Kier molecular flexibility index (Phi) is 12.6. The maximum Gasteiger partial charge on any atom is 0.306 e. The molecule has 12 heteroatoms. The van der Waals surface area contributed by atoms with Gasteiger partial charge in [-0.15, -0.1) is 0 Å². The van der Waals surface area contributed by atoms with Crippen molar-refractivity contribution in [2.45, 2.75) is 122 Å². The van der Waals surface area contributed by atoms with Crippen LogP contribution in [0.25, 0.3) is 11.2 Å². The van der Waals surface area contributed by atoms with Crippen LogP contribution in [0, 0.1) is 0 Å². The van der Waals surface area contributed by atoms with E-state index >= 15 is 0 Å². The molecule has 1 N–H and O–H groups in total. The Morgan fingerprint density at radius 1 is 0.850 bits per heavy atom. The molecule has 1 aliphatic heterocycles. The minimum Gasteiger partial charge on any atom is -0.463 e. The van der Waals surface area contributed by atoms with Crippen LogP contribution >= 0.6 is 0 Å². The van der Waals surface area contributed by atoms with E-state index in [-0.39, 0.29) is 43.0 Å². The number of ether oxygens (including phenoxy) is 4. The number of carbonyl (C=O) groups excluding carboxylic acids is 3. The van der Waals surface area contributed by atoms with Crippen LogP contribution in [0.15, 0.2) is 17.4 Å². The third-order valence-electron chi connectivity index (χ3n) is 6.82. The van der Waals surface area contributed by atoms with Crippen molar-refractivity contribution in [3.8, 4) is 0 Å². The average Bonchev–Trinajstić information content (AvgIpc) is 3.50. The number of nitrogens with zero attached hydrogens (tertiary/aromatic N) is 3. The summed E-state index contributed by atoms with van der Waals surface area (Å²) in [7, 11) is 0. The van der Waals surface area contributed by atoms with Gasteiger partial charge in [0.05, 0.1) is 12.7 Å². The molecule has 0 aromatic carbocycles. The molecule has 4 atom stereocenters. The molecule has 0 unspecified atom stereocenters. The second-order valence-electron chi connectivity index (χ2n) is 10.1. The van der Waals surface area contributed by atoms with E-state index in [1.807, 2.05) is 20.8 Å². The number of aromatic nitrogens is 4. The molecule has 0 spiro atoms. The van der Waals surface area contributed by atoms with Crippen molar-refractivity contribution in [3.63, 3.8) is 0 Å². The molecule has 1 fully saturated rings. The van der Waals surface area contributed by atoms with Gasteiger partial charge in [-0.25, -0.2) is 9.97 Å². The first-order chi connectivity index (χ1) is 19.4. The molecular weight excluding hydrogens is 520 g/mol. The van der Waals surface area contributed by atoms with Crippen LogP contribution in [0.4, 0.5) is 0 Å². The van der Waals surface area contributed by atoms with Gasteiger partial charge < -0.3 is 23.9 Å². The Morgan fingerprint density at radius 3 is 2.02 bits per heavy atom. The first kappa shape index (κ1) is 31.3. The number of hydrogen-bond acceptors (Lipinski definition) is 10. The van der Waals surface area contributed by atoms with Crippen LogP contribution in [-0.2, 0) is 33.3 Å². The molecule has 3 heterocycles. The second-order valence-corrected chi connectivity index (χ2v) is 10.1. The minimum atomic E-state index is -1.08. The molecule has 1 saturated heterocycles. The first-order valence-corrected chi connectivity index (χ1v) is 14.5. The third kappa shape index (κ3) is 8.61. The van der Waals surface area contributed by atoms with E-state index in [9.17, 15) is 19.2 Å². The number of fused-ring (bicyclic) bond motifs is 1. The van der Waals surface area contributed by atoms with Crippen molar-refractivity contribution in [1.82, 2.24) is 19.5 Å². The zero-order valence-electron chi connectivity index (χ0n) is 23.8. The minimum absolute atomic E-state index is 0.0815. The number of esters is 3. The standard InChI is InChI=1S/C28H42N4O8/c1-4-7-10-13-20(33)37-16-19-24(39-21(34)14-11-8-5-2)25(40-22(35)15-12-9-6-3)28(38-19)32-18-31-23-26(32)29-17-30-27(23)36/h17-19,24-25,28H,4-16H2,1-3H3,(H,29,30,36)/t19-,24-,25-,28-/m1/s1. The predicted molar refractivity (Wildman–Crippen MR) is 145 cm³/mol. The molecular formula is C28H42N4O8. The fourth-order valence-electron chi connectivity index (χ4n) is 4.61. The Hall–Kier alpha value is -3.28. The zero-order valence-corrected chi connectivity index (χ0v) is 23.8.